The molecule has 0 saturated heterocycles. The number of pyridine rings is 2. The summed E-state index contributed by atoms with van der Waals surface area (Å²) in [6.07, 6.45) is -4.41. The Kier molecular flexibility index (Phi) is 5.77. The number of aryl methyl sites for hydroxylation is 1. The fraction of sp³-hybridized carbons (Fsp3) is 0.0833. The van der Waals surface area contributed by atoms with Crippen molar-refractivity contribution in [1.82, 2.24) is 9.97 Å². The number of nitrogens with two attached hydrogens (primary N) is 1. The second kappa shape index (κ2) is 8.42. The highest BCUT2D eigenvalue weighted by molar-refractivity contribution is 7.89. The number of sulfonamides is 1. The van der Waals surface area contributed by atoms with Crippen molar-refractivity contribution >= 4 is 10.0 Å². The minimum absolute atomic E-state index is 0.0227. The molecule has 0 saturated carbocycles. The Balaban J connectivity index is 1.73. The van der Waals surface area contributed by atoms with Crippen molar-refractivity contribution in [3.05, 3.63) is 90.0 Å². The number of rotatable bonds is 4. The average Bonchev–Trinajstić information content (AvgIpc) is 2.78. The summed E-state index contributed by atoms with van der Waals surface area (Å²) in [4.78, 5) is 9.19. The zero-order valence-electron chi connectivity index (χ0n) is 17.3. The van der Waals surface area contributed by atoms with Crippen molar-refractivity contribution in [3.63, 3.8) is 0 Å². The Bertz CT molecular complexity index is 1430. The molecule has 0 unspecified atom stereocenters. The molecule has 2 N–H and O–H groups in total. The first-order valence-electron chi connectivity index (χ1n) is 9.78. The van der Waals surface area contributed by atoms with Crippen molar-refractivity contribution in [3.8, 4) is 33.9 Å². The molecule has 0 bridgehead atoms. The maximum absolute atomic E-state index is 12.9. The van der Waals surface area contributed by atoms with Crippen LogP contribution in [-0.4, -0.2) is 18.4 Å². The average molecular weight is 469 g/mol. The van der Waals surface area contributed by atoms with Gasteiger partial charge in [0.15, 0.2) is 0 Å². The van der Waals surface area contributed by atoms with Gasteiger partial charge in [0.25, 0.3) is 0 Å². The van der Waals surface area contributed by atoms with Crippen LogP contribution in [0.3, 0.4) is 0 Å². The highest BCUT2D eigenvalue weighted by Gasteiger charge is 2.30. The zero-order chi connectivity index (χ0) is 23.8. The number of hydrogen-bond acceptors (Lipinski definition) is 4. The maximum Gasteiger partial charge on any atom is 0.416 e. The highest BCUT2D eigenvalue weighted by Crippen LogP contribution is 2.31. The summed E-state index contributed by atoms with van der Waals surface area (Å²) in [5, 5.41) is 5.23. The van der Waals surface area contributed by atoms with Crippen molar-refractivity contribution in [2.24, 2.45) is 5.14 Å². The lowest BCUT2D eigenvalue weighted by Gasteiger charge is -2.10. The van der Waals surface area contributed by atoms with E-state index in [-0.39, 0.29) is 4.90 Å². The van der Waals surface area contributed by atoms with Gasteiger partial charge in [-0.25, -0.2) is 23.5 Å². The molecule has 2 aromatic carbocycles. The van der Waals surface area contributed by atoms with Crippen LogP contribution in [0.2, 0.25) is 0 Å². The van der Waals surface area contributed by atoms with Gasteiger partial charge in [0.1, 0.15) is 0 Å². The van der Waals surface area contributed by atoms with Gasteiger partial charge in [0.2, 0.25) is 10.0 Å². The molecular weight excluding hydrogens is 451 g/mol. The monoisotopic (exact) mass is 469 g/mol. The maximum atomic E-state index is 12.9. The van der Waals surface area contributed by atoms with E-state index in [0.717, 1.165) is 17.7 Å². The number of nitrogens with zero attached hydrogens (tertiary/aromatic N) is 2. The SMILES string of the molecule is Cc1cc(-c2ccc(C(F)(F)F)cc2)nc(-c2cccc(-c3cccc(S(N)(=O)=O)c3)n2)c1. The molecule has 0 radical (unpaired) electrons. The lowest BCUT2D eigenvalue weighted by atomic mass is 10.1. The molecule has 0 aliphatic carbocycles. The van der Waals surface area contributed by atoms with Crippen molar-refractivity contribution in [2.45, 2.75) is 18.0 Å². The third kappa shape index (κ3) is 5.10. The number of halogens is 3. The first-order chi connectivity index (χ1) is 15.5. The molecule has 4 rings (SSSR count). The standard InChI is InChI=1S/C24H18F3N3O2S/c1-15-12-22(16-8-10-18(11-9-16)24(25,26)27)30-23(13-15)21-7-3-6-20(29-21)17-4-2-5-19(14-17)33(28,31)32/h2-14H,1H3,(H2,28,31,32). The van der Waals surface area contributed by atoms with Gasteiger partial charge in [-0.3, -0.25) is 0 Å². The number of alkyl halides is 3. The zero-order valence-corrected chi connectivity index (χ0v) is 18.2. The summed E-state index contributed by atoms with van der Waals surface area (Å²) in [7, 11) is -3.86. The van der Waals surface area contributed by atoms with E-state index in [4.69, 9.17) is 5.14 Å². The van der Waals surface area contributed by atoms with E-state index in [0.29, 0.717) is 33.9 Å². The van der Waals surface area contributed by atoms with Crippen LogP contribution < -0.4 is 5.14 Å². The molecule has 0 aliphatic rings. The number of hydrogen-bond donors (Lipinski definition) is 1. The Hall–Kier alpha value is -3.56. The van der Waals surface area contributed by atoms with Gasteiger partial charge in [-0.1, -0.05) is 30.3 Å². The quantitative estimate of drug-likeness (QED) is 0.431. The second-order valence-electron chi connectivity index (χ2n) is 7.47. The molecule has 0 fully saturated rings. The topological polar surface area (TPSA) is 85.9 Å². The van der Waals surface area contributed by atoms with Gasteiger partial charge >= 0.3 is 6.18 Å². The molecule has 168 valence electrons. The van der Waals surface area contributed by atoms with Crippen LogP contribution >= 0.6 is 0 Å². The van der Waals surface area contributed by atoms with Gasteiger partial charge in [0, 0.05) is 11.1 Å². The predicted molar refractivity (Wildman–Crippen MR) is 119 cm³/mol. The molecule has 0 aliphatic heterocycles. The van der Waals surface area contributed by atoms with E-state index in [1.807, 2.05) is 13.0 Å². The number of benzene rings is 2. The minimum atomic E-state index is -4.41. The van der Waals surface area contributed by atoms with E-state index in [1.165, 1.54) is 24.3 Å². The molecule has 2 heterocycles. The Morgan fingerprint density at radius 1 is 0.727 bits per heavy atom. The van der Waals surface area contributed by atoms with Crippen LogP contribution in [0, 0.1) is 6.92 Å². The fourth-order valence-corrected chi connectivity index (χ4v) is 3.91. The second-order valence-corrected chi connectivity index (χ2v) is 9.03. The van der Waals surface area contributed by atoms with Gasteiger partial charge in [-0.15, -0.1) is 0 Å². The Morgan fingerprint density at radius 2 is 1.33 bits per heavy atom. The van der Waals surface area contributed by atoms with Crippen molar-refractivity contribution in [2.75, 3.05) is 0 Å². The van der Waals surface area contributed by atoms with Crippen molar-refractivity contribution < 1.29 is 21.6 Å². The first kappa shape index (κ1) is 22.6. The van der Waals surface area contributed by atoms with Crippen molar-refractivity contribution in [1.29, 1.82) is 0 Å². The van der Waals surface area contributed by atoms with Crippen LogP contribution in [0.4, 0.5) is 13.2 Å². The summed E-state index contributed by atoms with van der Waals surface area (Å²) in [5.74, 6) is 0. The molecule has 33 heavy (non-hydrogen) atoms. The molecule has 0 amide bonds. The summed E-state index contributed by atoms with van der Waals surface area (Å²) in [5.41, 5.74) is 3.36. The van der Waals surface area contributed by atoms with E-state index in [2.05, 4.69) is 9.97 Å². The first-order valence-corrected chi connectivity index (χ1v) is 11.3. The van der Waals surface area contributed by atoms with E-state index < -0.39 is 21.8 Å². The lowest BCUT2D eigenvalue weighted by molar-refractivity contribution is -0.137. The molecule has 5 nitrogen and oxygen atoms in total. The molecular formula is C24H18F3N3O2S. The fourth-order valence-electron chi connectivity index (χ4n) is 3.35. The summed E-state index contributed by atoms with van der Waals surface area (Å²) in [6, 6.07) is 19.8. The van der Waals surface area contributed by atoms with E-state index in [1.54, 1.807) is 36.4 Å². The van der Waals surface area contributed by atoms with Gasteiger partial charge < -0.3 is 0 Å². The Morgan fingerprint density at radius 3 is 2.00 bits per heavy atom. The third-order valence-corrected chi connectivity index (χ3v) is 5.86. The van der Waals surface area contributed by atoms with Crippen LogP contribution in [0.1, 0.15) is 11.1 Å². The molecule has 4 aromatic rings. The van der Waals surface area contributed by atoms with Crippen LogP contribution in [0.15, 0.2) is 83.8 Å². The lowest BCUT2D eigenvalue weighted by Crippen LogP contribution is -2.11. The summed E-state index contributed by atoms with van der Waals surface area (Å²) < 4.78 is 62.0. The predicted octanol–water partition coefficient (Wildman–Crippen LogP) is 5.45. The van der Waals surface area contributed by atoms with Crippen LogP contribution in [-0.2, 0) is 16.2 Å². The summed E-state index contributed by atoms with van der Waals surface area (Å²) >= 11 is 0. The normalized spacial score (nSPS) is 12.0. The minimum Gasteiger partial charge on any atom is -0.246 e. The van der Waals surface area contributed by atoms with Gasteiger partial charge in [0.05, 0.1) is 33.2 Å². The number of aromatic nitrogens is 2. The van der Waals surface area contributed by atoms with Crippen LogP contribution in [0.25, 0.3) is 33.9 Å². The van der Waals surface area contributed by atoms with Gasteiger partial charge in [-0.2, -0.15) is 13.2 Å². The highest BCUT2D eigenvalue weighted by atomic mass is 32.2. The molecule has 0 spiro atoms. The third-order valence-electron chi connectivity index (χ3n) is 4.95. The largest absolute Gasteiger partial charge is 0.416 e. The number of primary sulfonamides is 1. The Labute approximate surface area is 188 Å². The van der Waals surface area contributed by atoms with E-state index >= 15 is 0 Å². The van der Waals surface area contributed by atoms with Gasteiger partial charge in [-0.05, 0) is 61.0 Å². The van der Waals surface area contributed by atoms with Crippen LogP contribution in [0.5, 0.6) is 0 Å². The molecule has 0 atom stereocenters. The molecule has 9 heteroatoms. The molecule has 2 aromatic heterocycles. The smallest absolute Gasteiger partial charge is 0.246 e. The van der Waals surface area contributed by atoms with E-state index in [9.17, 15) is 21.6 Å². The summed E-state index contributed by atoms with van der Waals surface area (Å²) in [6.45, 7) is 1.86.